The molecule has 0 fully saturated rings. The first-order chi connectivity index (χ1) is 9.61. The highest BCUT2D eigenvalue weighted by Crippen LogP contribution is 2.24. The third kappa shape index (κ3) is 3.33. The van der Waals surface area contributed by atoms with Crippen molar-refractivity contribution in [2.75, 3.05) is 11.4 Å². The second kappa shape index (κ2) is 6.48. The summed E-state index contributed by atoms with van der Waals surface area (Å²) >= 11 is 0. The SMILES string of the molecule is CCN(c1ncc(CC(C)N)cn1)c1ccccc1C. The van der Waals surface area contributed by atoms with Gasteiger partial charge in [0.1, 0.15) is 0 Å². The number of rotatable bonds is 5. The van der Waals surface area contributed by atoms with Gasteiger partial charge in [-0.25, -0.2) is 9.97 Å². The van der Waals surface area contributed by atoms with Gasteiger partial charge >= 0.3 is 0 Å². The molecule has 2 N–H and O–H groups in total. The van der Waals surface area contributed by atoms with Gasteiger partial charge in [0.05, 0.1) is 0 Å². The molecule has 2 rings (SSSR count). The lowest BCUT2D eigenvalue weighted by molar-refractivity contribution is 0.731. The van der Waals surface area contributed by atoms with Crippen LogP contribution in [0.2, 0.25) is 0 Å². The minimum Gasteiger partial charge on any atom is -0.328 e. The van der Waals surface area contributed by atoms with Crippen LogP contribution in [0.5, 0.6) is 0 Å². The van der Waals surface area contributed by atoms with Gasteiger partial charge in [0.25, 0.3) is 0 Å². The van der Waals surface area contributed by atoms with E-state index in [4.69, 9.17) is 5.73 Å². The largest absolute Gasteiger partial charge is 0.328 e. The summed E-state index contributed by atoms with van der Waals surface area (Å²) in [6, 6.07) is 8.40. The maximum atomic E-state index is 5.79. The van der Waals surface area contributed by atoms with Crippen LogP contribution in [0.15, 0.2) is 36.7 Å². The zero-order valence-electron chi connectivity index (χ0n) is 12.4. The van der Waals surface area contributed by atoms with Crippen molar-refractivity contribution in [2.45, 2.75) is 33.2 Å². The average molecular weight is 270 g/mol. The molecule has 4 heteroatoms. The summed E-state index contributed by atoms with van der Waals surface area (Å²) in [6.45, 7) is 7.02. The molecule has 0 saturated heterocycles. The van der Waals surface area contributed by atoms with E-state index in [-0.39, 0.29) is 6.04 Å². The maximum Gasteiger partial charge on any atom is 0.229 e. The van der Waals surface area contributed by atoms with Gasteiger partial charge in [-0.3, -0.25) is 0 Å². The highest BCUT2D eigenvalue weighted by Gasteiger charge is 2.12. The Morgan fingerprint density at radius 3 is 2.40 bits per heavy atom. The fourth-order valence-electron chi connectivity index (χ4n) is 2.25. The van der Waals surface area contributed by atoms with Crippen molar-refractivity contribution in [3.63, 3.8) is 0 Å². The molecule has 20 heavy (non-hydrogen) atoms. The first-order valence-corrected chi connectivity index (χ1v) is 7.01. The summed E-state index contributed by atoms with van der Waals surface area (Å²) in [5.74, 6) is 0.732. The lowest BCUT2D eigenvalue weighted by Crippen LogP contribution is -2.21. The van der Waals surface area contributed by atoms with E-state index in [2.05, 4.69) is 40.8 Å². The molecule has 1 heterocycles. The Kier molecular flexibility index (Phi) is 4.69. The number of hydrogen-bond acceptors (Lipinski definition) is 4. The Morgan fingerprint density at radius 1 is 1.20 bits per heavy atom. The van der Waals surface area contributed by atoms with E-state index < -0.39 is 0 Å². The van der Waals surface area contributed by atoms with Crippen molar-refractivity contribution in [1.29, 1.82) is 0 Å². The van der Waals surface area contributed by atoms with Crippen molar-refractivity contribution in [2.24, 2.45) is 5.73 Å². The fraction of sp³-hybridized carbons (Fsp3) is 0.375. The zero-order valence-corrected chi connectivity index (χ0v) is 12.4. The lowest BCUT2D eigenvalue weighted by Gasteiger charge is -2.22. The van der Waals surface area contributed by atoms with E-state index in [1.807, 2.05) is 31.5 Å². The molecule has 0 amide bonds. The van der Waals surface area contributed by atoms with Gasteiger partial charge in [-0.1, -0.05) is 18.2 Å². The van der Waals surface area contributed by atoms with Gasteiger partial charge in [0, 0.05) is 30.7 Å². The standard InChI is InChI=1S/C16H22N4/c1-4-20(15-8-6-5-7-12(15)2)16-18-10-14(11-19-16)9-13(3)17/h5-8,10-11,13H,4,9,17H2,1-3H3. The van der Waals surface area contributed by atoms with Crippen LogP contribution < -0.4 is 10.6 Å². The topological polar surface area (TPSA) is 55.0 Å². The molecular weight excluding hydrogens is 248 g/mol. The van der Waals surface area contributed by atoms with Gasteiger partial charge in [0.15, 0.2) is 0 Å². The molecule has 0 saturated carbocycles. The zero-order chi connectivity index (χ0) is 14.5. The normalized spacial score (nSPS) is 12.2. The third-order valence-corrected chi connectivity index (χ3v) is 3.21. The Hall–Kier alpha value is -1.94. The Bertz CT molecular complexity index is 549. The second-order valence-corrected chi connectivity index (χ2v) is 5.10. The molecule has 0 radical (unpaired) electrons. The van der Waals surface area contributed by atoms with Crippen LogP contribution in [0.3, 0.4) is 0 Å². The van der Waals surface area contributed by atoms with E-state index in [0.29, 0.717) is 0 Å². The van der Waals surface area contributed by atoms with Crippen LogP contribution in [-0.2, 0) is 6.42 Å². The molecule has 1 atom stereocenters. The van der Waals surface area contributed by atoms with Gasteiger partial charge in [0.2, 0.25) is 5.95 Å². The van der Waals surface area contributed by atoms with Crippen LogP contribution >= 0.6 is 0 Å². The van der Waals surface area contributed by atoms with Crippen molar-refractivity contribution in [3.05, 3.63) is 47.8 Å². The smallest absolute Gasteiger partial charge is 0.229 e. The molecule has 1 aromatic heterocycles. The summed E-state index contributed by atoms with van der Waals surface area (Å²) < 4.78 is 0. The molecule has 0 spiro atoms. The number of para-hydroxylation sites is 1. The van der Waals surface area contributed by atoms with Crippen LogP contribution in [-0.4, -0.2) is 22.6 Å². The van der Waals surface area contributed by atoms with Crippen molar-refractivity contribution in [3.8, 4) is 0 Å². The number of nitrogens with two attached hydrogens (primary N) is 1. The number of nitrogens with zero attached hydrogens (tertiary/aromatic N) is 3. The monoisotopic (exact) mass is 270 g/mol. The van der Waals surface area contributed by atoms with Crippen molar-refractivity contribution in [1.82, 2.24) is 9.97 Å². The Balaban J connectivity index is 2.26. The van der Waals surface area contributed by atoms with E-state index in [1.165, 1.54) is 5.56 Å². The predicted octanol–water partition coefficient (Wildman–Crippen LogP) is 2.83. The highest BCUT2D eigenvalue weighted by atomic mass is 15.2. The molecule has 0 aliphatic heterocycles. The van der Waals surface area contributed by atoms with Crippen molar-refractivity contribution < 1.29 is 0 Å². The minimum absolute atomic E-state index is 0.128. The average Bonchev–Trinajstić information content (AvgIpc) is 2.43. The molecule has 0 aliphatic carbocycles. The van der Waals surface area contributed by atoms with Gasteiger partial charge < -0.3 is 10.6 Å². The summed E-state index contributed by atoms with van der Waals surface area (Å²) in [5, 5.41) is 0. The van der Waals surface area contributed by atoms with E-state index in [9.17, 15) is 0 Å². The van der Waals surface area contributed by atoms with Crippen molar-refractivity contribution >= 4 is 11.6 Å². The van der Waals surface area contributed by atoms with Gasteiger partial charge in [-0.15, -0.1) is 0 Å². The second-order valence-electron chi connectivity index (χ2n) is 5.10. The first-order valence-electron chi connectivity index (χ1n) is 7.01. The maximum absolute atomic E-state index is 5.79. The highest BCUT2D eigenvalue weighted by molar-refractivity contribution is 5.61. The van der Waals surface area contributed by atoms with E-state index in [0.717, 1.165) is 30.2 Å². The fourth-order valence-corrected chi connectivity index (χ4v) is 2.25. The summed E-state index contributed by atoms with van der Waals surface area (Å²) in [5.41, 5.74) is 9.24. The molecule has 0 bridgehead atoms. The minimum atomic E-state index is 0.128. The molecule has 1 unspecified atom stereocenters. The predicted molar refractivity (Wildman–Crippen MR) is 83.2 cm³/mol. The van der Waals surface area contributed by atoms with Crippen LogP contribution in [0.1, 0.15) is 25.0 Å². The van der Waals surface area contributed by atoms with E-state index >= 15 is 0 Å². The van der Waals surface area contributed by atoms with Crippen LogP contribution in [0.4, 0.5) is 11.6 Å². The molecule has 106 valence electrons. The summed E-state index contributed by atoms with van der Waals surface area (Å²) in [7, 11) is 0. The van der Waals surface area contributed by atoms with Gasteiger partial charge in [-0.05, 0) is 44.4 Å². The molecule has 4 nitrogen and oxygen atoms in total. The molecule has 1 aromatic carbocycles. The van der Waals surface area contributed by atoms with Gasteiger partial charge in [-0.2, -0.15) is 0 Å². The number of aromatic nitrogens is 2. The Morgan fingerprint density at radius 2 is 1.85 bits per heavy atom. The number of hydrogen-bond donors (Lipinski definition) is 1. The number of benzene rings is 1. The molecular formula is C16H22N4. The molecule has 2 aromatic rings. The Labute approximate surface area is 120 Å². The first kappa shape index (κ1) is 14.5. The number of anilines is 2. The van der Waals surface area contributed by atoms with Crippen LogP contribution in [0, 0.1) is 6.92 Å². The lowest BCUT2D eigenvalue weighted by atomic mass is 10.1. The number of aryl methyl sites for hydroxylation is 1. The molecule has 0 aliphatic rings. The van der Waals surface area contributed by atoms with Crippen LogP contribution in [0.25, 0.3) is 0 Å². The summed E-state index contributed by atoms with van der Waals surface area (Å²) in [6.07, 6.45) is 4.54. The van der Waals surface area contributed by atoms with E-state index in [1.54, 1.807) is 0 Å². The summed E-state index contributed by atoms with van der Waals surface area (Å²) in [4.78, 5) is 11.1. The third-order valence-electron chi connectivity index (χ3n) is 3.21. The quantitative estimate of drug-likeness (QED) is 0.907.